The van der Waals surface area contributed by atoms with Gasteiger partial charge in [-0.1, -0.05) is 42.5 Å². The molecule has 2 N–H and O–H groups in total. The van der Waals surface area contributed by atoms with E-state index in [1.165, 1.54) is 4.90 Å². The van der Waals surface area contributed by atoms with Gasteiger partial charge in [-0.2, -0.15) is 0 Å². The third-order valence-corrected chi connectivity index (χ3v) is 5.41. The molecule has 0 spiro atoms. The number of hydrogen-bond acceptors (Lipinski definition) is 4. The fraction of sp³-hybridized carbons (Fsp3) is 0.412. The second-order valence-corrected chi connectivity index (χ2v) is 8.25. The van der Waals surface area contributed by atoms with Crippen LogP contribution in [0, 0.1) is 0 Å². The highest BCUT2D eigenvalue weighted by molar-refractivity contribution is 7.89. The van der Waals surface area contributed by atoms with Crippen molar-refractivity contribution < 1.29 is 18.0 Å². The van der Waals surface area contributed by atoms with Gasteiger partial charge in [0.15, 0.2) is 0 Å². The third kappa shape index (κ3) is 5.68. The second kappa shape index (κ2) is 7.79. The van der Waals surface area contributed by atoms with Crippen LogP contribution in [0.3, 0.4) is 0 Å². The Kier molecular flexibility index (Phi) is 5.97. The van der Waals surface area contributed by atoms with Crippen molar-refractivity contribution in [3.63, 3.8) is 0 Å². The number of imide groups is 1. The van der Waals surface area contributed by atoms with Gasteiger partial charge in [0.1, 0.15) is 6.54 Å². The van der Waals surface area contributed by atoms with Crippen LogP contribution in [0.25, 0.3) is 0 Å². The molecule has 7 nitrogen and oxygen atoms in total. The molecule has 0 saturated carbocycles. The van der Waals surface area contributed by atoms with Crippen molar-refractivity contribution >= 4 is 22.0 Å². The van der Waals surface area contributed by atoms with Gasteiger partial charge in [-0.15, -0.1) is 0 Å². The quantitative estimate of drug-likeness (QED) is 0.537. The number of amides is 3. The first-order valence-electron chi connectivity index (χ1n) is 8.00. The summed E-state index contributed by atoms with van der Waals surface area (Å²) in [5, 5.41) is 2.18. The molecule has 1 aromatic rings. The molecule has 1 heterocycles. The average molecular weight is 365 g/mol. The van der Waals surface area contributed by atoms with Gasteiger partial charge in [0.05, 0.1) is 11.3 Å². The monoisotopic (exact) mass is 365 g/mol. The number of carbonyl (C=O) groups excluding carboxylic acids is 2. The molecule has 0 aromatic heterocycles. The molecule has 0 radical (unpaired) electrons. The SMILES string of the molecule is CC(C)(NS(=O)(=O)CC/C=C/CN1CC(=O)NC1=O)c1ccccc1. The highest BCUT2D eigenvalue weighted by atomic mass is 32.2. The van der Waals surface area contributed by atoms with Crippen LogP contribution in [0.1, 0.15) is 25.8 Å². The highest BCUT2D eigenvalue weighted by Gasteiger charge is 2.26. The van der Waals surface area contributed by atoms with Crippen LogP contribution in [-0.4, -0.2) is 44.1 Å². The van der Waals surface area contributed by atoms with E-state index in [9.17, 15) is 18.0 Å². The summed E-state index contributed by atoms with van der Waals surface area (Å²) in [6.45, 7) is 3.95. The Bertz CT molecular complexity index is 757. The number of rotatable bonds is 8. The molecule has 1 aromatic carbocycles. The van der Waals surface area contributed by atoms with E-state index in [1.807, 2.05) is 44.2 Å². The van der Waals surface area contributed by atoms with Gasteiger partial charge in [-0.25, -0.2) is 17.9 Å². The first-order valence-corrected chi connectivity index (χ1v) is 9.66. The second-order valence-electron chi connectivity index (χ2n) is 6.41. The predicted molar refractivity (Wildman–Crippen MR) is 95.3 cm³/mol. The lowest BCUT2D eigenvalue weighted by atomic mass is 9.96. The van der Waals surface area contributed by atoms with E-state index < -0.39 is 21.6 Å². The lowest BCUT2D eigenvalue weighted by Crippen LogP contribution is -2.42. The zero-order valence-electron chi connectivity index (χ0n) is 14.4. The van der Waals surface area contributed by atoms with Crippen molar-refractivity contribution in [1.82, 2.24) is 14.9 Å². The lowest BCUT2D eigenvalue weighted by Gasteiger charge is -2.26. The molecular weight excluding hydrogens is 342 g/mol. The zero-order chi connectivity index (χ0) is 18.5. The summed E-state index contributed by atoms with van der Waals surface area (Å²) >= 11 is 0. The maximum atomic E-state index is 12.3. The summed E-state index contributed by atoms with van der Waals surface area (Å²) in [5.41, 5.74) is 0.191. The Hall–Kier alpha value is -2.19. The number of carbonyl (C=O) groups is 2. The fourth-order valence-electron chi connectivity index (χ4n) is 2.53. The van der Waals surface area contributed by atoms with Crippen LogP contribution in [0.4, 0.5) is 4.79 Å². The average Bonchev–Trinajstić information content (AvgIpc) is 2.84. The van der Waals surface area contributed by atoms with Gasteiger partial charge in [0.25, 0.3) is 0 Å². The maximum Gasteiger partial charge on any atom is 0.324 e. The number of nitrogens with one attached hydrogen (secondary N) is 2. The first kappa shape index (κ1) is 19.1. The van der Waals surface area contributed by atoms with Crippen LogP contribution >= 0.6 is 0 Å². The summed E-state index contributed by atoms with van der Waals surface area (Å²) < 4.78 is 27.3. The van der Waals surface area contributed by atoms with Gasteiger partial charge in [0, 0.05) is 6.54 Å². The minimum Gasteiger partial charge on any atom is -0.311 e. The highest BCUT2D eigenvalue weighted by Crippen LogP contribution is 2.20. The van der Waals surface area contributed by atoms with Crippen molar-refractivity contribution in [3.8, 4) is 0 Å². The number of benzene rings is 1. The Morgan fingerprint density at radius 2 is 1.88 bits per heavy atom. The molecule has 0 aliphatic carbocycles. The zero-order valence-corrected chi connectivity index (χ0v) is 15.2. The summed E-state index contributed by atoms with van der Waals surface area (Å²) in [4.78, 5) is 23.8. The van der Waals surface area contributed by atoms with Gasteiger partial charge in [-0.3, -0.25) is 10.1 Å². The number of sulfonamides is 1. The van der Waals surface area contributed by atoms with Crippen LogP contribution < -0.4 is 10.0 Å². The summed E-state index contributed by atoms with van der Waals surface area (Å²) in [6.07, 6.45) is 3.71. The van der Waals surface area contributed by atoms with E-state index in [4.69, 9.17) is 0 Å². The van der Waals surface area contributed by atoms with Crippen LogP contribution in [0.15, 0.2) is 42.5 Å². The van der Waals surface area contributed by atoms with Crippen LogP contribution in [-0.2, 0) is 20.4 Å². The first-order chi connectivity index (χ1) is 11.7. The van der Waals surface area contributed by atoms with E-state index in [0.717, 1.165) is 5.56 Å². The van der Waals surface area contributed by atoms with E-state index in [2.05, 4.69) is 10.0 Å². The molecule has 1 fully saturated rings. The van der Waals surface area contributed by atoms with Gasteiger partial charge < -0.3 is 4.90 Å². The molecule has 1 saturated heterocycles. The smallest absolute Gasteiger partial charge is 0.311 e. The van der Waals surface area contributed by atoms with Crippen molar-refractivity contribution in [2.24, 2.45) is 0 Å². The topological polar surface area (TPSA) is 95.6 Å². The van der Waals surface area contributed by atoms with E-state index in [-0.39, 0.29) is 24.7 Å². The standard InChI is InChI=1S/C17H23N3O4S/c1-17(2,14-9-5-3-6-10-14)19-25(23,24)12-8-4-7-11-20-13-15(21)18-16(20)22/h3-7,9-10,19H,8,11-13H2,1-2H3,(H,18,21,22)/b7-4+. The van der Waals surface area contributed by atoms with Crippen molar-refractivity contribution in [2.45, 2.75) is 25.8 Å². The van der Waals surface area contributed by atoms with Crippen LogP contribution in [0.5, 0.6) is 0 Å². The molecule has 8 heteroatoms. The third-order valence-electron chi connectivity index (χ3n) is 3.82. The van der Waals surface area contributed by atoms with E-state index in [0.29, 0.717) is 6.42 Å². The minimum atomic E-state index is -3.45. The van der Waals surface area contributed by atoms with Crippen molar-refractivity contribution in [2.75, 3.05) is 18.8 Å². The summed E-state index contributed by atoms with van der Waals surface area (Å²) in [6, 6.07) is 8.96. The lowest BCUT2D eigenvalue weighted by molar-refractivity contribution is -0.118. The molecule has 2 rings (SSSR count). The summed E-state index contributed by atoms with van der Waals surface area (Å²) in [7, 11) is -3.45. The number of nitrogens with zero attached hydrogens (tertiary/aromatic N) is 1. The Labute approximate surface area is 148 Å². The van der Waals surface area contributed by atoms with E-state index >= 15 is 0 Å². The Morgan fingerprint density at radius 3 is 2.48 bits per heavy atom. The van der Waals surface area contributed by atoms with E-state index in [1.54, 1.807) is 12.2 Å². The van der Waals surface area contributed by atoms with Gasteiger partial charge >= 0.3 is 6.03 Å². The van der Waals surface area contributed by atoms with Crippen molar-refractivity contribution in [3.05, 3.63) is 48.0 Å². The van der Waals surface area contributed by atoms with Crippen LogP contribution in [0.2, 0.25) is 0 Å². The predicted octanol–water partition coefficient (Wildman–Crippen LogP) is 1.34. The molecule has 0 unspecified atom stereocenters. The summed E-state index contributed by atoms with van der Waals surface area (Å²) in [5.74, 6) is -0.376. The van der Waals surface area contributed by atoms with Crippen molar-refractivity contribution in [1.29, 1.82) is 0 Å². The molecular formula is C17H23N3O4S. The fourth-order valence-corrected chi connectivity index (χ4v) is 3.97. The Morgan fingerprint density at radius 1 is 1.20 bits per heavy atom. The molecule has 136 valence electrons. The number of urea groups is 1. The number of allylic oxidation sites excluding steroid dienone is 1. The molecule has 0 bridgehead atoms. The normalized spacial score (nSPS) is 15.8. The largest absolute Gasteiger partial charge is 0.324 e. The molecule has 1 aliphatic heterocycles. The molecule has 1 aliphatic rings. The number of hydrogen-bond donors (Lipinski definition) is 2. The molecule has 0 atom stereocenters. The minimum absolute atomic E-state index is 0.0360. The maximum absolute atomic E-state index is 12.3. The Balaban J connectivity index is 1.82. The molecule has 25 heavy (non-hydrogen) atoms. The van der Waals surface area contributed by atoms with Gasteiger partial charge in [-0.05, 0) is 25.8 Å². The van der Waals surface area contributed by atoms with Gasteiger partial charge in [0.2, 0.25) is 15.9 Å². The molecule has 3 amide bonds.